The maximum Gasteiger partial charge on any atom is 0.0738 e. The van der Waals surface area contributed by atoms with E-state index in [-0.39, 0.29) is 0 Å². The van der Waals surface area contributed by atoms with Crippen LogP contribution in [0.3, 0.4) is 0 Å². The van der Waals surface area contributed by atoms with Crippen molar-refractivity contribution in [2.45, 2.75) is 16.7 Å². The summed E-state index contributed by atoms with van der Waals surface area (Å²) in [7, 11) is 0. The Morgan fingerprint density at radius 2 is 1.86 bits per heavy atom. The molecule has 0 amide bonds. The van der Waals surface area contributed by atoms with E-state index in [2.05, 4.69) is 57.2 Å². The predicted molar refractivity (Wildman–Crippen MR) is 123 cm³/mol. The van der Waals surface area contributed by atoms with E-state index < -0.39 is 0 Å². The quantitative estimate of drug-likeness (QED) is 0.247. The fourth-order valence-electron chi connectivity index (χ4n) is 3.29. The highest BCUT2D eigenvalue weighted by Crippen LogP contribution is 2.44. The van der Waals surface area contributed by atoms with E-state index in [9.17, 15) is 0 Å². The molecule has 3 aromatic carbocycles. The van der Waals surface area contributed by atoms with Crippen molar-refractivity contribution in [2.75, 3.05) is 10.7 Å². The van der Waals surface area contributed by atoms with Gasteiger partial charge >= 0.3 is 0 Å². The van der Waals surface area contributed by atoms with Crippen LogP contribution in [0.1, 0.15) is 12.5 Å². The Morgan fingerprint density at radius 3 is 2.79 bits per heavy atom. The predicted octanol–water partition coefficient (Wildman–Crippen LogP) is 6.93. The summed E-state index contributed by atoms with van der Waals surface area (Å²) in [4.78, 5) is 6.82. The van der Waals surface area contributed by atoms with Crippen LogP contribution in [0, 0.1) is 0 Å². The summed E-state index contributed by atoms with van der Waals surface area (Å²) in [6.45, 7) is 2.00. The van der Waals surface area contributed by atoms with E-state index in [0.29, 0.717) is 5.02 Å². The molecule has 29 heavy (non-hydrogen) atoms. The molecule has 4 nitrogen and oxygen atoms in total. The third kappa shape index (κ3) is 3.55. The number of hydrazone groups is 1. The molecule has 6 heteroatoms. The molecule has 0 saturated heterocycles. The van der Waals surface area contributed by atoms with Gasteiger partial charge in [-0.25, -0.2) is 0 Å². The van der Waals surface area contributed by atoms with Gasteiger partial charge in [0, 0.05) is 26.4 Å². The highest BCUT2D eigenvalue weighted by atomic mass is 35.5. The lowest BCUT2D eigenvalue weighted by Crippen LogP contribution is -2.04. The Kier molecular flexibility index (Phi) is 4.62. The largest absolute Gasteiger partial charge is 0.354 e. The van der Waals surface area contributed by atoms with Crippen LogP contribution in [-0.4, -0.2) is 10.7 Å². The number of rotatable bonds is 3. The summed E-state index contributed by atoms with van der Waals surface area (Å²) in [5.74, 6) is 0. The van der Waals surface area contributed by atoms with Crippen LogP contribution in [0.2, 0.25) is 5.02 Å². The van der Waals surface area contributed by atoms with Crippen molar-refractivity contribution in [3.8, 4) is 0 Å². The minimum absolute atomic E-state index is 0.669. The number of hydrogen-bond donors (Lipinski definition) is 2. The molecule has 0 saturated carbocycles. The van der Waals surface area contributed by atoms with Crippen LogP contribution >= 0.6 is 23.4 Å². The number of halogens is 1. The zero-order chi connectivity index (χ0) is 19.8. The zero-order valence-electron chi connectivity index (χ0n) is 15.6. The number of nitrogens with zero attached hydrogens (tertiary/aromatic N) is 2. The standard InChI is InChI=1S/C23H17ClN4S/c1-14(27-28-18-10-11-25-20-13-16(24)7-8-17(18)20)15-6-9-23-21(12-15)26-19-4-2-3-5-22(19)29-23/h2-13,26H,1H3,(H,25,28). The van der Waals surface area contributed by atoms with Gasteiger partial charge in [0.2, 0.25) is 0 Å². The average molecular weight is 417 g/mol. The molecule has 2 heterocycles. The third-order valence-corrected chi connectivity index (χ3v) is 6.21. The van der Waals surface area contributed by atoms with Gasteiger partial charge in [-0.15, -0.1) is 0 Å². The molecule has 4 aromatic rings. The number of aromatic nitrogens is 1. The SMILES string of the molecule is CC(=NNc1ccnc2cc(Cl)ccc12)c1ccc2c(c1)Nc1ccccc1S2. The summed E-state index contributed by atoms with van der Waals surface area (Å²) in [5.41, 5.74) is 9.11. The lowest BCUT2D eigenvalue weighted by Gasteiger charge is -2.21. The molecule has 0 radical (unpaired) electrons. The molecule has 1 aliphatic rings. The molecule has 142 valence electrons. The van der Waals surface area contributed by atoms with E-state index in [1.807, 2.05) is 37.3 Å². The van der Waals surface area contributed by atoms with Gasteiger partial charge in [0.15, 0.2) is 0 Å². The summed E-state index contributed by atoms with van der Waals surface area (Å²) < 4.78 is 0. The Bertz CT molecular complexity index is 1270. The second kappa shape index (κ2) is 7.43. The number of anilines is 3. The van der Waals surface area contributed by atoms with E-state index in [0.717, 1.165) is 39.2 Å². The minimum Gasteiger partial charge on any atom is -0.354 e. The van der Waals surface area contributed by atoms with E-state index in [4.69, 9.17) is 11.6 Å². The first-order valence-corrected chi connectivity index (χ1v) is 10.4. The van der Waals surface area contributed by atoms with Gasteiger partial charge in [-0.3, -0.25) is 10.4 Å². The van der Waals surface area contributed by atoms with E-state index in [1.54, 1.807) is 18.0 Å². The molecule has 0 aliphatic carbocycles. The molecular formula is C23H17ClN4S. The van der Waals surface area contributed by atoms with Crippen molar-refractivity contribution < 1.29 is 0 Å². The number of benzene rings is 3. The first kappa shape index (κ1) is 18.0. The number of para-hydroxylation sites is 1. The highest BCUT2D eigenvalue weighted by molar-refractivity contribution is 7.99. The van der Waals surface area contributed by atoms with Gasteiger partial charge < -0.3 is 5.32 Å². The van der Waals surface area contributed by atoms with E-state index >= 15 is 0 Å². The van der Waals surface area contributed by atoms with Crippen molar-refractivity contribution in [1.82, 2.24) is 4.98 Å². The monoisotopic (exact) mass is 416 g/mol. The molecular weight excluding hydrogens is 400 g/mol. The Morgan fingerprint density at radius 1 is 1.00 bits per heavy atom. The lowest BCUT2D eigenvalue weighted by atomic mass is 10.1. The second-order valence-electron chi connectivity index (χ2n) is 6.76. The van der Waals surface area contributed by atoms with Gasteiger partial charge in [-0.2, -0.15) is 5.10 Å². The molecule has 0 atom stereocenters. The fraction of sp³-hybridized carbons (Fsp3) is 0.0435. The van der Waals surface area contributed by atoms with Crippen molar-refractivity contribution in [2.24, 2.45) is 5.10 Å². The molecule has 0 spiro atoms. The minimum atomic E-state index is 0.669. The van der Waals surface area contributed by atoms with Crippen LogP contribution in [0.25, 0.3) is 10.9 Å². The molecule has 0 bridgehead atoms. The van der Waals surface area contributed by atoms with Crippen molar-refractivity contribution in [3.63, 3.8) is 0 Å². The fourth-order valence-corrected chi connectivity index (χ4v) is 4.43. The maximum absolute atomic E-state index is 6.07. The van der Waals surface area contributed by atoms with Crippen LogP contribution in [0.5, 0.6) is 0 Å². The first-order valence-electron chi connectivity index (χ1n) is 9.20. The van der Waals surface area contributed by atoms with Crippen LogP contribution < -0.4 is 10.7 Å². The second-order valence-corrected chi connectivity index (χ2v) is 8.28. The highest BCUT2D eigenvalue weighted by Gasteiger charge is 2.15. The van der Waals surface area contributed by atoms with Crippen molar-refractivity contribution >= 4 is 57.0 Å². The van der Waals surface area contributed by atoms with Gasteiger partial charge in [0.05, 0.1) is 28.3 Å². The van der Waals surface area contributed by atoms with Crippen molar-refractivity contribution in [1.29, 1.82) is 0 Å². The Balaban J connectivity index is 1.42. The average Bonchev–Trinajstić information content (AvgIpc) is 2.75. The lowest BCUT2D eigenvalue weighted by molar-refractivity contribution is 1.29. The molecule has 0 unspecified atom stereocenters. The summed E-state index contributed by atoms with van der Waals surface area (Å²) in [5, 5.41) is 9.77. The molecule has 5 rings (SSSR count). The Labute approximate surface area is 178 Å². The molecule has 0 fully saturated rings. The van der Waals surface area contributed by atoms with E-state index in [1.165, 1.54) is 9.79 Å². The molecule has 1 aliphatic heterocycles. The van der Waals surface area contributed by atoms with Gasteiger partial charge in [0.25, 0.3) is 0 Å². The van der Waals surface area contributed by atoms with Crippen LogP contribution in [-0.2, 0) is 0 Å². The maximum atomic E-state index is 6.07. The number of fused-ring (bicyclic) bond motifs is 3. The van der Waals surface area contributed by atoms with Gasteiger partial charge in [-0.05, 0) is 61.0 Å². The molecule has 1 aromatic heterocycles. The number of nitrogens with one attached hydrogen (secondary N) is 2. The smallest absolute Gasteiger partial charge is 0.0738 e. The summed E-state index contributed by atoms with van der Waals surface area (Å²) in [6.07, 6.45) is 1.75. The molecule has 2 N–H and O–H groups in total. The first-order chi connectivity index (χ1) is 14.2. The summed E-state index contributed by atoms with van der Waals surface area (Å²) in [6, 6.07) is 22.3. The van der Waals surface area contributed by atoms with Gasteiger partial charge in [0.1, 0.15) is 0 Å². The zero-order valence-corrected chi connectivity index (χ0v) is 17.2. The van der Waals surface area contributed by atoms with Gasteiger partial charge in [-0.1, -0.05) is 41.6 Å². The van der Waals surface area contributed by atoms with Crippen LogP contribution in [0.4, 0.5) is 17.1 Å². The van der Waals surface area contributed by atoms with Crippen LogP contribution in [0.15, 0.2) is 87.8 Å². The number of pyridine rings is 1. The normalized spacial score (nSPS) is 12.8. The van der Waals surface area contributed by atoms with Crippen molar-refractivity contribution in [3.05, 3.63) is 83.5 Å². The Hall–Kier alpha value is -3.02. The topological polar surface area (TPSA) is 49.3 Å². The summed E-state index contributed by atoms with van der Waals surface area (Å²) >= 11 is 7.85. The number of hydrogen-bond acceptors (Lipinski definition) is 5. The third-order valence-electron chi connectivity index (χ3n) is 4.82.